The number of nitro benzene ring substituents is 1. The Kier molecular flexibility index (Phi) is 9.12. The van der Waals surface area contributed by atoms with Crippen LogP contribution in [0.25, 0.3) is 0 Å². The zero-order valence-corrected chi connectivity index (χ0v) is 17.5. The normalized spacial score (nSPS) is 10.9. The van der Waals surface area contributed by atoms with Crippen LogP contribution in [0.1, 0.15) is 27.7 Å². The van der Waals surface area contributed by atoms with Crippen molar-refractivity contribution in [3.8, 4) is 11.5 Å². The summed E-state index contributed by atoms with van der Waals surface area (Å²) < 4.78 is 0.303. The van der Waals surface area contributed by atoms with Gasteiger partial charge in [-0.15, -0.1) is 10.0 Å². The number of hydrogen-bond acceptors (Lipinski definition) is 8. The van der Waals surface area contributed by atoms with Gasteiger partial charge in [0.1, 0.15) is 6.07 Å². The molecule has 15 heteroatoms. The van der Waals surface area contributed by atoms with Crippen LogP contribution in [0, 0.1) is 25.1 Å². The van der Waals surface area contributed by atoms with Crippen molar-refractivity contribution in [1.82, 2.24) is 15.6 Å². The van der Waals surface area contributed by atoms with Gasteiger partial charge in [-0.2, -0.15) is 0 Å². The Morgan fingerprint density at radius 2 is 1.50 bits per heavy atom. The number of nitrogens with zero attached hydrogens (tertiary/aromatic N) is 7. The first kappa shape index (κ1) is 24.3. The summed E-state index contributed by atoms with van der Waals surface area (Å²) in [6.07, 6.45) is 0. The fourth-order valence-electron chi connectivity index (χ4n) is 2.30. The van der Waals surface area contributed by atoms with E-state index in [1.165, 1.54) is 10.0 Å². The molecule has 0 aliphatic carbocycles. The number of nitro groups is 1. The molecule has 0 aromatic heterocycles. The molecule has 15 nitrogen and oxygen atoms in total. The maximum absolute atomic E-state index is 12.0. The molecule has 0 heterocycles. The van der Waals surface area contributed by atoms with Gasteiger partial charge in [-0.3, -0.25) is 15.0 Å². The highest BCUT2D eigenvalue weighted by atomic mass is 16.7. The van der Waals surface area contributed by atoms with Crippen LogP contribution in [0.15, 0.2) is 17.4 Å². The average molecular weight is 430 g/mol. The molecular weight excluding hydrogens is 404 g/mol. The summed E-state index contributed by atoms with van der Waals surface area (Å²) >= 11 is 0. The highest BCUT2D eigenvalue weighted by Gasteiger charge is 2.30. The van der Waals surface area contributed by atoms with Crippen LogP contribution in [0.4, 0.5) is 11.4 Å². The topological polar surface area (TPSA) is 159 Å². The highest BCUT2D eigenvalue weighted by molar-refractivity contribution is 5.61. The minimum absolute atomic E-state index is 0.189. The minimum atomic E-state index is -0.798. The lowest BCUT2D eigenvalue weighted by molar-refractivity contribution is -0.780. The highest BCUT2D eigenvalue weighted by Crippen LogP contribution is 2.38. The summed E-state index contributed by atoms with van der Waals surface area (Å²) in [7, 11) is 1.09. The third-order valence-electron chi connectivity index (χ3n) is 3.98. The second-order valence-electron chi connectivity index (χ2n) is 5.71. The summed E-state index contributed by atoms with van der Waals surface area (Å²) in [5.74, 6) is -0.715. The van der Waals surface area contributed by atoms with Crippen LogP contribution in [-0.4, -0.2) is 62.9 Å². The molecule has 1 N–H and O–H groups in total. The molecule has 0 unspecified atom stereocenters. The summed E-state index contributed by atoms with van der Waals surface area (Å²) in [5.41, 5.74) is 1.14. The molecule has 30 heavy (non-hydrogen) atoms. The number of benzene rings is 1. The van der Waals surface area contributed by atoms with E-state index in [-0.39, 0.29) is 21.4 Å². The SMILES string of the molecule is CCN(CC)[N+](=O)NOc1cc(O/N=[N+](\[O-])N(CC)CC)c([N+](C)=O)cc1[N+](=O)[O-]. The molecule has 0 radical (unpaired) electrons. The van der Waals surface area contributed by atoms with Crippen molar-refractivity contribution in [3.05, 3.63) is 37.3 Å². The lowest BCUT2D eigenvalue weighted by atomic mass is 10.2. The molecule has 0 spiro atoms. The lowest BCUT2D eigenvalue weighted by Gasteiger charge is -2.13. The van der Waals surface area contributed by atoms with Gasteiger partial charge in [0.15, 0.2) is 7.05 Å². The fourth-order valence-corrected chi connectivity index (χ4v) is 2.30. The molecule has 0 aliphatic rings. The Balaban J connectivity index is 3.29. The van der Waals surface area contributed by atoms with E-state index in [4.69, 9.17) is 9.68 Å². The molecule has 0 bridgehead atoms. The van der Waals surface area contributed by atoms with E-state index in [9.17, 15) is 25.1 Å². The second-order valence-corrected chi connectivity index (χ2v) is 5.71. The van der Waals surface area contributed by atoms with Crippen molar-refractivity contribution >= 4 is 11.4 Å². The molecule has 0 aliphatic heterocycles. The molecule has 1 aromatic carbocycles. The van der Waals surface area contributed by atoms with Gasteiger partial charge in [-0.05, 0) is 27.7 Å². The predicted molar refractivity (Wildman–Crippen MR) is 102 cm³/mol. The lowest BCUT2D eigenvalue weighted by Crippen LogP contribution is -2.43. The average Bonchev–Trinajstić information content (AvgIpc) is 2.71. The smallest absolute Gasteiger partial charge is 0.321 e. The van der Waals surface area contributed by atoms with Crippen LogP contribution in [0.5, 0.6) is 11.5 Å². The summed E-state index contributed by atoms with van der Waals surface area (Å²) in [6, 6.07) is 1.86. The first-order valence-corrected chi connectivity index (χ1v) is 9.17. The van der Waals surface area contributed by atoms with Crippen molar-refractivity contribution in [1.29, 1.82) is 0 Å². The Hall–Kier alpha value is -3.78. The predicted octanol–water partition coefficient (Wildman–Crippen LogP) is 1.98. The van der Waals surface area contributed by atoms with E-state index < -0.39 is 16.4 Å². The van der Waals surface area contributed by atoms with Gasteiger partial charge in [0, 0.05) is 15.7 Å². The van der Waals surface area contributed by atoms with Crippen molar-refractivity contribution < 1.29 is 29.3 Å². The first-order valence-electron chi connectivity index (χ1n) is 9.17. The van der Waals surface area contributed by atoms with E-state index in [1.54, 1.807) is 27.7 Å². The molecule has 0 atom stereocenters. The van der Waals surface area contributed by atoms with Crippen LogP contribution < -0.4 is 15.3 Å². The van der Waals surface area contributed by atoms with E-state index in [1.807, 2.05) is 5.59 Å². The number of hydrogen-bond donors (Lipinski definition) is 1. The van der Waals surface area contributed by atoms with Crippen LogP contribution in [0.3, 0.4) is 0 Å². The van der Waals surface area contributed by atoms with Gasteiger partial charge in [-0.25, -0.2) is 0 Å². The molecule has 0 fully saturated rings. The Morgan fingerprint density at radius 3 is 1.97 bits per heavy atom. The van der Waals surface area contributed by atoms with Gasteiger partial charge in [-0.1, -0.05) is 0 Å². The van der Waals surface area contributed by atoms with Crippen molar-refractivity contribution in [3.63, 3.8) is 0 Å². The Labute approximate surface area is 172 Å². The maximum atomic E-state index is 12.0. The van der Waals surface area contributed by atoms with Gasteiger partial charge in [0.2, 0.25) is 16.8 Å². The summed E-state index contributed by atoms with van der Waals surface area (Å²) in [5, 5.41) is 29.3. The maximum Gasteiger partial charge on any atom is 0.321 e. The van der Waals surface area contributed by atoms with E-state index in [0.29, 0.717) is 30.9 Å². The third-order valence-corrected chi connectivity index (χ3v) is 3.98. The van der Waals surface area contributed by atoms with E-state index in [2.05, 4.69) is 5.28 Å². The van der Waals surface area contributed by atoms with Crippen LogP contribution in [-0.2, 0) is 0 Å². The third kappa shape index (κ3) is 6.11. The zero-order chi connectivity index (χ0) is 22.8. The molecule has 1 rings (SSSR count). The van der Waals surface area contributed by atoms with Crippen molar-refractivity contribution in [2.75, 3.05) is 33.2 Å². The number of nitroso groups, excluding NO2 is 2. The van der Waals surface area contributed by atoms with Crippen molar-refractivity contribution in [2.45, 2.75) is 27.7 Å². The van der Waals surface area contributed by atoms with Gasteiger partial charge in [0.05, 0.1) is 46.6 Å². The largest absolute Gasteiger partial charge is 0.569 e. The number of nitrogens with one attached hydrogen (secondary N) is 1. The van der Waals surface area contributed by atoms with Crippen LogP contribution >= 0.6 is 0 Å². The number of hydrazine groups is 3. The Morgan fingerprint density at radius 1 is 0.933 bits per heavy atom. The van der Waals surface area contributed by atoms with E-state index in [0.717, 1.165) is 19.2 Å². The number of rotatable bonds is 13. The monoisotopic (exact) mass is 430 g/mol. The quantitative estimate of drug-likeness (QED) is 0.212. The zero-order valence-electron chi connectivity index (χ0n) is 17.5. The van der Waals surface area contributed by atoms with E-state index >= 15 is 0 Å². The first-order chi connectivity index (χ1) is 14.2. The molecular formula is C15H26N8O7+2. The van der Waals surface area contributed by atoms with Gasteiger partial charge in [0.25, 0.3) is 4.98 Å². The summed E-state index contributed by atoms with van der Waals surface area (Å²) in [6.45, 7) is 8.34. The minimum Gasteiger partial charge on any atom is -0.569 e. The molecule has 166 valence electrons. The second kappa shape index (κ2) is 11.3. The van der Waals surface area contributed by atoms with Gasteiger partial charge >= 0.3 is 11.4 Å². The Bertz CT molecular complexity index is 808. The molecule has 0 amide bonds. The molecule has 0 saturated heterocycles. The fraction of sp³-hybridized carbons (Fsp3) is 0.600. The van der Waals surface area contributed by atoms with Crippen molar-refractivity contribution in [2.24, 2.45) is 5.28 Å². The van der Waals surface area contributed by atoms with Crippen LogP contribution in [0.2, 0.25) is 0 Å². The molecule has 0 saturated carbocycles. The molecule has 1 aromatic rings. The summed E-state index contributed by atoms with van der Waals surface area (Å²) in [4.78, 5) is 44.9. The standard InChI is InChI=1S/C15H26N8O7/c1-6-19(7-2)22(27)16-29-14-11-15(30-17-23(28)20(8-3)9-4)13(21(25)26)10-12(14)18(5)24/h10-11H,6-9H2,1-5H3,(H,17,28)/q+2/b22-16-. The van der Waals surface area contributed by atoms with Gasteiger partial charge < -0.3 is 10.0 Å².